The highest BCUT2D eigenvalue weighted by Gasteiger charge is 2.18. The van der Waals surface area contributed by atoms with Gasteiger partial charge in [0.05, 0.1) is 38.8 Å². The Labute approximate surface area is 264 Å². The summed E-state index contributed by atoms with van der Waals surface area (Å²) in [4.78, 5) is 9.83. The van der Waals surface area contributed by atoms with Gasteiger partial charge in [-0.2, -0.15) is 0 Å². The Morgan fingerprint density at radius 1 is 0.391 bits per heavy atom. The van der Waals surface area contributed by atoms with Crippen LogP contribution in [0.2, 0.25) is 0 Å². The molecule has 0 bridgehead atoms. The van der Waals surface area contributed by atoms with Crippen molar-refractivity contribution in [1.82, 2.24) is 19.1 Å². The zero-order chi connectivity index (χ0) is 30.2. The lowest BCUT2D eigenvalue weighted by molar-refractivity contribution is 1.16. The summed E-state index contributed by atoms with van der Waals surface area (Å²) in [5.74, 6) is 0. The first-order chi connectivity index (χ1) is 22.8. The van der Waals surface area contributed by atoms with Gasteiger partial charge in [0, 0.05) is 55.5 Å². The third-order valence-electron chi connectivity index (χ3n) is 9.31. The summed E-state index contributed by atoms with van der Waals surface area (Å²) >= 11 is 0. The van der Waals surface area contributed by atoms with Gasteiger partial charge in [0.15, 0.2) is 0 Å². The van der Waals surface area contributed by atoms with Gasteiger partial charge in [-0.1, -0.05) is 91.0 Å². The van der Waals surface area contributed by atoms with E-state index in [2.05, 4.69) is 160 Å². The smallest absolute Gasteiger partial charge is 0.0972 e. The molecule has 46 heavy (non-hydrogen) atoms. The zero-order valence-electron chi connectivity index (χ0n) is 24.8. The van der Waals surface area contributed by atoms with Gasteiger partial charge in [0.1, 0.15) is 0 Å². The Balaban J connectivity index is 1.24. The topological polar surface area (TPSA) is 35.6 Å². The van der Waals surface area contributed by atoms with Crippen LogP contribution < -0.4 is 0 Å². The lowest BCUT2D eigenvalue weighted by atomic mass is 10.1. The molecule has 6 aromatic carbocycles. The van der Waals surface area contributed by atoms with Gasteiger partial charge in [-0.05, 0) is 60.7 Å². The molecule has 0 amide bonds. The molecule has 4 aromatic heterocycles. The summed E-state index contributed by atoms with van der Waals surface area (Å²) in [5.41, 5.74) is 10.9. The van der Waals surface area contributed by atoms with Crippen molar-refractivity contribution in [3.8, 4) is 22.6 Å². The van der Waals surface area contributed by atoms with Gasteiger partial charge in [0.25, 0.3) is 0 Å². The van der Waals surface area contributed by atoms with E-state index in [1.165, 1.54) is 43.6 Å². The predicted octanol–water partition coefficient (Wildman–Crippen LogP) is 10.6. The van der Waals surface area contributed by atoms with E-state index in [1.807, 2.05) is 12.3 Å². The third-order valence-corrected chi connectivity index (χ3v) is 9.31. The molecule has 0 saturated carbocycles. The number of para-hydroxylation sites is 3. The minimum atomic E-state index is 0.925. The first kappa shape index (κ1) is 25.1. The third kappa shape index (κ3) is 3.61. The number of aromatic nitrogens is 4. The normalized spacial score (nSPS) is 11.9. The molecule has 0 saturated heterocycles. The summed E-state index contributed by atoms with van der Waals surface area (Å²) in [6.07, 6.45) is 1.84. The molecule has 0 radical (unpaired) electrons. The van der Waals surface area contributed by atoms with Crippen LogP contribution in [-0.4, -0.2) is 19.1 Å². The van der Waals surface area contributed by atoms with Crippen molar-refractivity contribution in [3.05, 3.63) is 158 Å². The number of benzene rings is 6. The molecular formula is C42H26N4. The number of fused-ring (bicyclic) bond motifs is 9. The highest BCUT2D eigenvalue weighted by atomic mass is 15.0. The minimum Gasteiger partial charge on any atom is -0.309 e. The fraction of sp³-hybridized carbons (Fsp3) is 0. The lowest BCUT2D eigenvalue weighted by Crippen LogP contribution is -1.96. The number of pyridine rings is 2. The molecular weight excluding hydrogens is 560 g/mol. The van der Waals surface area contributed by atoms with Crippen molar-refractivity contribution in [2.75, 3.05) is 0 Å². The fourth-order valence-corrected chi connectivity index (χ4v) is 7.25. The van der Waals surface area contributed by atoms with E-state index in [9.17, 15) is 0 Å². The average molecular weight is 587 g/mol. The predicted molar refractivity (Wildman–Crippen MR) is 191 cm³/mol. The Hall–Kier alpha value is -6.26. The maximum absolute atomic E-state index is 5.16. The maximum atomic E-state index is 5.16. The molecule has 0 aliphatic rings. The molecule has 0 N–H and O–H groups in total. The Morgan fingerprint density at radius 2 is 1.02 bits per heavy atom. The van der Waals surface area contributed by atoms with Crippen LogP contribution in [0.25, 0.3) is 88.0 Å². The number of nitrogens with zero attached hydrogens (tertiary/aromatic N) is 4. The maximum Gasteiger partial charge on any atom is 0.0972 e. The molecule has 0 aliphatic heterocycles. The van der Waals surface area contributed by atoms with E-state index >= 15 is 0 Å². The van der Waals surface area contributed by atoms with Crippen molar-refractivity contribution in [3.63, 3.8) is 0 Å². The molecule has 4 heterocycles. The van der Waals surface area contributed by atoms with Crippen LogP contribution in [0.5, 0.6) is 0 Å². The van der Waals surface area contributed by atoms with Gasteiger partial charge in [-0.15, -0.1) is 0 Å². The molecule has 0 aliphatic carbocycles. The van der Waals surface area contributed by atoms with Gasteiger partial charge >= 0.3 is 0 Å². The number of hydrogen-bond acceptors (Lipinski definition) is 2. The van der Waals surface area contributed by atoms with Crippen molar-refractivity contribution in [1.29, 1.82) is 0 Å². The van der Waals surface area contributed by atoms with Crippen LogP contribution in [0.1, 0.15) is 0 Å². The summed E-state index contributed by atoms with van der Waals surface area (Å²) in [6, 6.07) is 54.2. The van der Waals surface area contributed by atoms with Crippen LogP contribution in [-0.2, 0) is 0 Å². The van der Waals surface area contributed by atoms with Crippen molar-refractivity contribution in [2.45, 2.75) is 0 Å². The van der Waals surface area contributed by atoms with Crippen LogP contribution >= 0.6 is 0 Å². The SMILES string of the molecule is c1ccc(-n2c3ccccc3c3cc4c5ccccc5n(-c5cccc(-c6ccc7ccc8cccnc8c7n6)c5)c4cc32)cc1. The molecule has 4 heteroatoms. The first-order valence-corrected chi connectivity index (χ1v) is 15.6. The molecule has 4 nitrogen and oxygen atoms in total. The number of hydrogen-bond donors (Lipinski definition) is 0. The summed E-state index contributed by atoms with van der Waals surface area (Å²) in [7, 11) is 0. The summed E-state index contributed by atoms with van der Waals surface area (Å²) in [5, 5.41) is 7.18. The van der Waals surface area contributed by atoms with E-state index in [-0.39, 0.29) is 0 Å². The molecule has 10 rings (SSSR count). The largest absolute Gasteiger partial charge is 0.309 e. The van der Waals surface area contributed by atoms with Crippen LogP contribution in [0.4, 0.5) is 0 Å². The first-order valence-electron chi connectivity index (χ1n) is 15.6. The second-order valence-corrected chi connectivity index (χ2v) is 11.9. The van der Waals surface area contributed by atoms with Crippen molar-refractivity contribution < 1.29 is 0 Å². The number of rotatable bonds is 3. The molecule has 10 aromatic rings. The van der Waals surface area contributed by atoms with Crippen LogP contribution in [0, 0.1) is 0 Å². The fourth-order valence-electron chi connectivity index (χ4n) is 7.25. The van der Waals surface area contributed by atoms with Gasteiger partial charge in [0.2, 0.25) is 0 Å². The molecule has 0 spiro atoms. The highest BCUT2D eigenvalue weighted by molar-refractivity contribution is 6.19. The molecule has 214 valence electrons. The van der Waals surface area contributed by atoms with Crippen LogP contribution in [0.3, 0.4) is 0 Å². The van der Waals surface area contributed by atoms with Gasteiger partial charge < -0.3 is 9.13 Å². The van der Waals surface area contributed by atoms with E-state index in [0.717, 1.165) is 44.4 Å². The average Bonchev–Trinajstić information content (AvgIpc) is 3.63. The van der Waals surface area contributed by atoms with E-state index in [4.69, 9.17) is 4.98 Å². The van der Waals surface area contributed by atoms with Gasteiger partial charge in [-0.25, -0.2) is 4.98 Å². The summed E-state index contributed by atoms with van der Waals surface area (Å²) < 4.78 is 4.79. The molecule has 0 unspecified atom stereocenters. The van der Waals surface area contributed by atoms with Crippen molar-refractivity contribution in [2.24, 2.45) is 0 Å². The minimum absolute atomic E-state index is 0.925. The molecule has 0 fully saturated rings. The second-order valence-electron chi connectivity index (χ2n) is 11.9. The highest BCUT2D eigenvalue weighted by Crippen LogP contribution is 2.40. The Morgan fingerprint density at radius 3 is 1.78 bits per heavy atom. The zero-order valence-corrected chi connectivity index (χ0v) is 24.8. The van der Waals surface area contributed by atoms with E-state index in [1.54, 1.807) is 0 Å². The Kier molecular flexibility index (Phi) is 5.25. The van der Waals surface area contributed by atoms with E-state index in [0.29, 0.717) is 0 Å². The van der Waals surface area contributed by atoms with E-state index < -0.39 is 0 Å². The quantitative estimate of drug-likeness (QED) is 0.193. The molecule has 0 atom stereocenters. The lowest BCUT2D eigenvalue weighted by Gasteiger charge is -2.12. The standard InChI is InChI=1S/C42H26N4/c1-2-12-30(13-3-1)45-37-17-6-4-15-32(37)34-25-35-33-16-5-7-18-38(33)46(40(35)26-39(34)45)31-14-8-10-29(24-31)36-22-21-28-20-19-27-11-9-23-43-41(27)42(28)44-36/h1-26H. The van der Waals surface area contributed by atoms with Crippen molar-refractivity contribution >= 4 is 65.4 Å². The van der Waals surface area contributed by atoms with Gasteiger partial charge in [-0.3, -0.25) is 4.98 Å². The van der Waals surface area contributed by atoms with Crippen LogP contribution in [0.15, 0.2) is 158 Å². The second kappa shape index (κ2) is 9.62. The summed E-state index contributed by atoms with van der Waals surface area (Å²) in [6.45, 7) is 0. The Bertz CT molecular complexity index is 2810. The monoisotopic (exact) mass is 586 g/mol.